The van der Waals surface area contributed by atoms with Crippen molar-refractivity contribution in [2.24, 2.45) is 0 Å². The first kappa shape index (κ1) is 21.7. The van der Waals surface area contributed by atoms with E-state index in [0.29, 0.717) is 5.75 Å². The van der Waals surface area contributed by atoms with E-state index in [9.17, 15) is 29.2 Å². The lowest BCUT2D eigenvalue weighted by Gasteiger charge is -2.25. The van der Waals surface area contributed by atoms with Crippen LogP contribution in [0.2, 0.25) is 0 Å². The van der Waals surface area contributed by atoms with Crippen molar-refractivity contribution in [2.45, 2.75) is 6.04 Å². The summed E-state index contributed by atoms with van der Waals surface area (Å²) in [6.45, 7) is 0. The molecular weight excluding hydrogens is 431 g/mol. The summed E-state index contributed by atoms with van der Waals surface area (Å²) >= 11 is 0. The van der Waals surface area contributed by atoms with Gasteiger partial charge < -0.3 is 9.84 Å². The van der Waals surface area contributed by atoms with Gasteiger partial charge in [-0.25, -0.2) is 4.39 Å². The molecule has 0 radical (unpaired) electrons. The van der Waals surface area contributed by atoms with Gasteiger partial charge in [-0.3, -0.25) is 24.6 Å². The Morgan fingerprint density at radius 2 is 1.76 bits per heavy atom. The molecule has 1 N–H and O–H groups in total. The molecule has 0 spiro atoms. The molecule has 0 bridgehead atoms. The first-order chi connectivity index (χ1) is 15.8. The number of methoxy groups -OCH3 is 1. The van der Waals surface area contributed by atoms with Crippen molar-refractivity contribution < 1.29 is 28.7 Å². The molecule has 1 heterocycles. The molecule has 1 fully saturated rings. The Labute approximate surface area is 187 Å². The maximum absolute atomic E-state index is 14.8. The van der Waals surface area contributed by atoms with Gasteiger partial charge in [0.1, 0.15) is 17.3 Å². The molecule has 0 aliphatic carbocycles. The van der Waals surface area contributed by atoms with Crippen molar-refractivity contribution in [1.29, 1.82) is 0 Å². The fourth-order valence-electron chi connectivity index (χ4n) is 3.76. The van der Waals surface area contributed by atoms with E-state index in [-0.39, 0.29) is 28.1 Å². The SMILES string of the molecule is COc1ccc(N2C(=O)C(=O)/C(=C(/O)c3cccc([N+](=O)[O-])c3)C2c2ccccc2F)cc1. The lowest BCUT2D eigenvalue weighted by Crippen LogP contribution is -2.29. The molecule has 0 saturated carbocycles. The van der Waals surface area contributed by atoms with Gasteiger partial charge in [-0.05, 0) is 30.3 Å². The minimum atomic E-state index is -1.29. The van der Waals surface area contributed by atoms with Crippen molar-refractivity contribution in [3.63, 3.8) is 0 Å². The number of carbonyl (C=O) groups excluding carboxylic acids is 2. The molecule has 3 aromatic rings. The average Bonchev–Trinajstić information content (AvgIpc) is 3.09. The minimum Gasteiger partial charge on any atom is -0.507 e. The highest BCUT2D eigenvalue weighted by atomic mass is 19.1. The molecule has 1 atom stereocenters. The summed E-state index contributed by atoms with van der Waals surface area (Å²) < 4.78 is 20.0. The number of ketones is 1. The van der Waals surface area contributed by atoms with E-state index in [0.717, 1.165) is 11.0 Å². The summed E-state index contributed by atoms with van der Waals surface area (Å²) in [5.74, 6) is -2.83. The van der Waals surface area contributed by atoms with Crippen LogP contribution in [0.1, 0.15) is 17.2 Å². The lowest BCUT2D eigenvalue weighted by molar-refractivity contribution is -0.384. The predicted molar refractivity (Wildman–Crippen MR) is 117 cm³/mol. The highest BCUT2D eigenvalue weighted by molar-refractivity contribution is 6.51. The Morgan fingerprint density at radius 3 is 2.39 bits per heavy atom. The number of aliphatic hydroxyl groups is 1. The summed E-state index contributed by atoms with van der Waals surface area (Å²) in [7, 11) is 1.47. The third kappa shape index (κ3) is 3.80. The van der Waals surface area contributed by atoms with Gasteiger partial charge >= 0.3 is 0 Å². The van der Waals surface area contributed by atoms with Crippen molar-refractivity contribution in [3.8, 4) is 5.75 Å². The molecule has 0 aromatic heterocycles. The second-order valence-corrected chi connectivity index (χ2v) is 7.20. The number of nitro groups is 1. The topological polar surface area (TPSA) is 110 Å². The number of hydrogen-bond donors (Lipinski definition) is 1. The second-order valence-electron chi connectivity index (χ2n) is 7.20. The molecule has 1 amide bonds. The molecule has 1 aliphatic rings. The Kier molecular flexibility index (Phi) is 5.61. The van der Waals surface area contributed by atoms with E-state index in [4.69, 9.17) is 4.74 Å². The van der Waals surface area contributed by atoms with Crippen LogP contribution in [0, 0.1) is 15.9 Å². The summed E-state index contributed by atoms with van der Waals surface area (Å²) in [4.78, 5) is 37.7. The van der Waals surface area contributed by atoms with Gasteiger partial charge in [-0.15, -0.1) is 0 Å². The Bertz CT molecular complexity index is 1300. The van der Waals surface area contributed by atoms with Crippen LogP contribution in [0.3, 0.4) is 0 Å². The van der Waals surface area contributed by atoms with Crippen LogP contribution < -0.4 is 9.64 Å². The number of rotatable bonds is 5. The zero-order valence-corrected chi connectivity index (χ0v) is 17.3. The number of ether oxygens (including phenoxy) is 1. The van der Waals surface area contributed by atoms with Crippen LogP contribution >= 0.6 is 0 Å². The fourth-order valence-corrected chi connectivity index (χ4v) is 3.76. The van der Waals surface area contributed by atoms with E-state index in [1.54, 1.807) is 18.2 Å². The molecule has 9 heteroatoms. The Morgan fingerprint density at radius 1 is 1.06 bits per heavy atom. The quantitative estimate of drug-likeness (QED) is 0.204. The van der Waals surface area contributed by atoms with E-state index < -0.39 is 34.2 Å². The summed E-state index contributed by atoms with van der Waals surface area (Å²) in [6.07, 6.45) is 0. The normalized spacial score (nSPS) is 17.3. The van der Waals surface area contributed by atoms with Gasteiger partial charge in [-0.1, -0.05) is 30.3 Å². The third-order valence-electron chi connectivity index (χ3n) is 5.33. The van der Waals surface area contributed by atoms with E-state index in [1.165, 1.54) is 55.6 Å². The van der Waals surface area contributed by atoms with Crippen LogP contribution in [0.5, 0.6) is 5.75 Å². The molecular formula is C24H17FN2O6. The van der Waals surface area contributed by atoms with Gasteiger partial charge in [0.15, 0.2) is 0 Å². The number of aliphatic hydroxyl groups excluding tert-OH is 1. The first-order valence-corrected chi connectivity index (χ1v) is 9.77. The molecule has 4 rings (SSSR count). The number of amides is 1. The number of hydrogen-bond acceptors (Lipinski definition) is 6. The number of anilines is 1. The van der Waals surface area contributed by atoms with Crippen molar-refractivity contribution in [3.05, 3.63) is 105 Å². The van der Waals surface area contributed by atoms with Gasteiger partial charge in [0.2, 0.25) is 0 Å². The average molecular weight is 448 g/mol. The number of non-ortho nitro benzene ring substituents is 1. The molecule has 8 nitrogen and oxygen atoms in total. The molecule has 3 aromatic carbocycles. The van der Waals surface area contributed by atoms with Crippen molar-refractivity contribution in [2.75, 3.05) is 12.0 Å². The number of nitrogens with zero attached hydrogens (tertiary/aromatic N) is 2. The van der Waals surface area contributed by atoms with Gasteiger partial charge in [0.05, 0.1) is 23.6 Å². The lowest BCUT2D eigenvalue weighted by atomic mass is 9.94. The van der Waals surface area contributed by atoms with Crippen molar-refractivity contribution >= 4 is 28.8 Å². The van der Waals surface area contributed by atoms with Crippen LogP contribution in [-0.4, -0.2) is 28.8 Å². The number of halogens is 1. The molecule has 1 aliphatic heterocycles. The largest absolute Gasteiger partial charge is 0.507 e. The van der Waals surface area contributed by atoms with Crippen LogP contribution in [0.25, 0.3) is 5.76 Å². The number of Topliss-reactive ketones (excluding diaryl/α,β-unsaturated/α-hetero) is 1. The van der Waals surface area contributed by atoms with Gasteiger partial charge in [-0.2, -0.15) is 0 Å². The molecule has 1 unspecified atom stereocenters. The third-order valence-corrected chi connectivity index (χ3v) is 5.33. The summed E-state index contributed by atoms with van der Waals surface area (Å²) in [6, 6.07) is 15.5. The maximum Gasteiger partial charge on any atom is 0.300 e. The monoisotopic (exact) mass is 448 g/mol. The zero-order chi connectivity index (χ0) is 23.7. The molecule has 166 valence electrons. The van der Waals surface area contributed by atoms with Gasteiger partial charge in [0.25, 0.3) is 17.4 Å². The molecule has 1 saturated heterocycles. The highest BCUT2D eigenvalue weighted by Crippen LogP contribution is 2.43. The van der Waals surface area contributed by atoms with E-state index >= 15 is 0 Å². The molecule has 33 heavy (non-hydrogen) atoms. The number of carbonyl (C=O) groups is 2. The Hall–Kier alpha value is -4.53. The summed E-state index contributed by atoms with van der Waals surface area (Å²) in [5.41, 5.74) is -0.464. The van der Waals surface area contributed by atoms with Gasteiger partial charge in [0, 0.05) is 28.9 Å². The van der Waals surface area contributed by atoms with Crippen LogP contribution in [0.4, 0.5) is 15.8 Å². The summed E-state index contributed by atoms with van der Waals surface area (Å²) in [5, 5.41) is 22.2. The highest BCUT2D eigenvalue weighted by Gasteiger charge is 2.47. The Balaban J connectivity index is 1.95. The fraction of sp³-hybridized carbons (Fsp3) is 0.0833. The van der Waals surface area contributed by atoms with Crippen LogP contribution in [0.15, 0.2) is 78.4 Å². The van der Waals surface area contributed by atoms with E-state index in [2.05, 4.69) is 0 Å². The predicted octanol–water partition coefficient (Wildman–Crippen LogP) is 4.37. The van der Waals surface area contributed by atoms with Crippen LogP contribution in [-0.2, 0) is 9.59 Å². The minimum absolute atomic E-state index is 0.0144. The second kappa shape index (κ2) is 8.54. The first-order valence-electron chi connectivity index (χ1n) is 9.77. The number of benzene rings is 3. The van der Waals surface area contributed by atoms with Crippen molar-refractivity contribution in [1.82, 2.24) is 0 Å². The maximum atomic E-state index is 14.8. The number of nitro benzene ring substituents is 1. The van der Waals surface area contributed by atoms with E-state index in [1.807, 2.05) is 0 Å². The zero-order valence-electron chi connectivity index (χ0n) is 17.3. The standard InChI is InChI=1S/C24H17FN2O6/c1-33-17-11-9-15(10-12-17)26-21(18-7-2-3-8-19(18)25)20(23(29)24(26)30)22(28)14-5-4-6-16(13-14)27(31)32/h2-13,21,28H,1H3/b22-20+. The smallest absolute Gasteiger partial charge is 0.300 e.